The number of aryl methyl sites for hydroxylation is 2. The third kappa shape index (κ3) is 3.96. The lowest BCUT2D eigenvalue weighted by molar-refractivity contribution is -0.122. The molecule has 0 radical (unpaired) electrons. The number of anilines is 1. The zero-order valence-electron chi connectivity index (χ0n) is 16.6. The minimum absolute atomic E-state index is 0.278. The Kier molecular flexibility index (Phi) is 5.24. The monoisotopic (exact) mass is 409 g/mol. The van der Waals surface area contributed by atoms with Crippen molar-refractivity contribution in [1.29, 1.82) is 0 Å². The Hall–Kier alpha value is -2.93. The number of para-hydroxylation sites is 1. The number of ether oxygens (including phenoxy) is 1. The van der Waals surface area contributed by atoms with E-state index in [9.17, 15) is 9.00 Å². The number of carbonyl (C=O) groups is 1. The Balaban J connectivity index is 1.65. The highest BCUT2D eigenvalue weighted by atomic mass is 32.2. The number of nitrogens with one attached hydrogen (secondary N) is 1. The quantitative estimate of drug-likeness (QED) is 0.698. The van der Waals surface area contributed by atoms with Crippen LogP contribution in [0.5, 0.6) is 5.75 Å². The van der Waals surface area contributed by atoms with Crippen molar-refractivity contribution >= 4 is 22.5 Å². The maximum Gasteiger partial charge on any atom is 0.266 e. The van der Waals surface area contributed by atoms with E-state index >= 15 is 0 Å². The van der Waals surface area contributed by atoms with E-state index in [4.69, 9.17) is 4.74 Å². The lowest BCUT2D eigenvalue weighted by Gasteiger charge is -2.17. The molecule has 1 amide bonds. The standard InChI is InChI=1S/C22H23N3O3S/c1-14-9-10-20(15(2)11-14)25-21(18-12-29(27)13-19(18)24-25)23-22(26)16(3)28-17-7-5-4-6-8-17/h4-11,16H,12-13H2,1-3H3,(H,23,26). The topological polar surface area (TPSA) is 73.2 Å². The smallest absolute Gasteiger partial charge is 0.266 e. The molecule has 6 nitrogen and oxygen atoms in total. The molecule has 2 aromatic carbocycles. The van der Waals surface area contributed by atoms with Gasteiger partial charge >= 0.3 is 0 Å². The second-order valence-electron chi connectivity index (χ2n) is 7.27. The number of aromatic nitrogens is 2. The lowest BCUT2D eigenvalue weighted by Crippen LogP contribution is -2.31. The third-order valence-corrected chi connectivity index (χ3v) is 6.12. The van der Waals surface area contributed by atoms with Crippen LogP contribution in [0.15, 0.2) is 48.5 Å². The average Bonchev–Trinajstić information content (AvgIpc) is 3.19. The number of carbonyl (C=O) groups excluding carboxylic acids is 1. The van der Waals surface area contributed by atoms with Gasteiger partial charge in [-0.2, -0.15) is 5.10 Å². The number of hydrogen-bond acceptors (Lipinski definition) is 4. The van der Waals surface area contributed by atoms with Crippen molar-refractivity contribution in [3.63, 3.8) is 0 Å². The number of nitrogens with zero attached hydrogens (tertiary/aromatic N) is 2. The molecule has 4 rings (SSSR count). The molecule has 2 heterocycles. The van der Waals surface area contributed by atoms with E-state index in [1.165, 1.54) is 0 Å². The van der Waals surface area contributed by atoms with Gasteiger partial charge in [0.1, 0.15) is 11.6 Å². The second kappa shape index (κ2) is 7.83. The number of benzene rings is 2. The fraction of sp³-hybridized carbons (Fsp3) is 0.273. The maximum absolute atomic E-state index is 12.9. The highest BCUT2D eigenvalue weighted by Crippen LogP contribution is 2.32. The van der Waals surface area contributed by atoms with Crippen LogP contribution in [0.4, 0.5) is 5.82 Å². The van der Waals surface area contributed by atoms with Gasteiger partial charge in [-0.25, -0.2) is 4.68 Å². The van der Waals surface area contributed by atoms with Crippen LogP contribution in [-0.2, 0) is 27.1 Å². The van der Waals surface area contributed by atoms with E-state index in [2.05, 4.69) is 16.5 Å². The molecule has 2 unspecified atom stereocenters. The summed E-state index contributed by atoms with van der Waals surface area (Å²) in [5.74, 6) is 1.73. The van der Waals surface area contributed by atoms with Crippen LogP contribution < -0.4 is 10.1 Å². The fourth-order valence-corrected chi connectivity index (χ4v) is 4.71. The molecule has 0 saturated heterocycles. The van der Waals surface area contributed by atoms with E-state index in [1.54, 1.807) is 11.6 Å². The molecule has 29 heavy (non-hydrogen) atoms. The molecule has 0 saturated carbocycles. The average molecular weight is 410 g/mol. The second-order valence-corrected chi connectivity index (χ2v) is 8.72. The summed E-state index contributed by atoms with van der Waals surface area (Å²) in [6.07, 6.45) is -0.692. The predicted octanol–water partition coefficient (Wildman–Crippen LogP) is 3.66. The van der Waals surface area contributed by atoms with Gasteiger partial charge < -0.3 is 10.1 Å². The van der Waals surface area contributed by atoms with E-state index in [-0.39, 0.29) is 5.91 Å². The molecule has 3 aromatic rings. The van der Waals surface area contributed by atoms with Crippen molar-refractivity contribution in [2.24, 2.45) is 0 Å². The molecule has 0 aliphatic carbocycles. The zero-order valence-corrected chi connectivity index (χ0v) is 17.5. The Morgan fingerprint density at radius 2 is 1.93 bits per heavy atom. The lowest BCUT2D eigenvalue weighted by atomic mass is 10.1. The van der Waals surface area contributed by atoms with E-state index < -0.39 is 16.9 Å². The molecule has 1 aromatic heterocycles. The summed E-state index contributed by atoms with van der Waals surface area (Å²) in [4.78, 5) is 12.9. The van der Waals surface area contributed by atoms with E-state index in [0.29, 0.717) is 23.1 Å². The fourth-order valence-electron chi connectivity index (χ4n) is 3.45. The summed E-state index contributed by atoms with van der Waals surface area (Å²) in [5.41, 5.74) is 4.71. The minimum atomic E-state index is -0.988. The van der Waals surface area contributed by atoms with Crippen LogP contribution in [0.1, 0.15) is 29.3 Å². The summed E-state index contributed by atoms with van der Waals surface area (Å²) in [6.45, 7) is 5.76. The minimum Gasteiger partial charge on any atom is -0.481 e. The first-order valence-corrected chi connectivity index (χ1v) is 11.0. The van der Waals surface area contributed by atoms with Crippen molar-refractivity contribution in [3.05, 3.63) is 70.9 Å². The zero-order chi connectivity index (χ0) is 20.5. The van der Waals surface area contributed by atoms with E-state index in [1.807, 2.05) is 56.3 Å². The summed E-state index contributed by atoms with van der Waals surface area (Å²) in [6, 6.07) is 15.3. The summed E-state index contributed by atoms with van der Waals surface area (Å²) >= 11 is 0. The van der Waals surface area contributed by atoms with Crippen molar-refractivity contribution in [2.45, 2.75) is 38.4 Å². The van der Waals surface area contributed by atoms with Crippen molar-refractivity contribution in [2.75, 3.05) is 5.32 Å². The van der Waals surface area contributed by atoms with Gasteiger partial charge in [-0.15, -0.1) is 0 Å². The summed E-state index contributed by atoms with van der Waals surface area (Å²) in [5, 5.41) is 7.64. The molecular weight excluding hydrogens is 386 g/mol. The van der Waals surface area contributed by atoms with Gasteiger partial charge in [0.25, 0.3) is 5.91 Å². The molecule has 0 spiro atoms. The number of fused-ring (bicyclic) bond motifs is 1. The van der Waals surface area contributed by atoms with Crippen LogP contribution in [-0.4, -0.2) is 26.0 Å². The van der Waals surface area contributed by atoms with Crippen LogP contribution in [0.3, 0.4) is 0 Å². The Morgan fingerprint density at radius 3 is 2.66 bits per heavy atom. The Morgan fingerprint density at radius 1 is 1.17 bits per heavy atom. The molecule has 2 atom stereocenters. The normalized spacial score (nSPS) is 16.3. The van der Waals surface area contributed by atoms with Gasteiger partial charge in [-0.3, -0.25) is 9.00 Å². The van der Waals surface area contributed by atoms with E-state index in [0.717, 1.165) is 28.1 Å². The van der Waals surface area contributed by atoms with Crippen molar-refractivity contribution in [1.82, 2.24) is 9.78 Å². The number of rotatable bonds is 5. The molecule has 150 valence electrons. The summed E-state index contributed by atoms with van der Waals surface area (Å²) in [7, 11) is -0.988. The molecule has 7 heteroatoms. The van der Waals surface area contributed by atoms with Crippen molar-refractivity contribution < 1.29 is 13.7 Å². The number of hydrogen-bond donors (Lipinski definition) is 1. The maximum atomic E-state index is 12.9. The molecule has 1 aliphatic rings. The molecule has 0 fully saturated rings. The van der Waals surface area contributed by atoms with Crippen LogP contribution >= 0.6 is 0 Å². The van der Waals surface area contributed by atoms with Gasteiger partial charge in [0.15, 0.2) is 6.10 Å². The van der Waals surface area contributed by atoms with Gasteiger partial charge in [-0.1, -0.05) is 35.9 Å². The first kappa shape index (κ1) is 19.4. The molecular formula is C22H23N3O3S. The van der Waals surface area contributed by atoms with Gasteiger partial charge in [-0.05, 0) is 44.5 Å². The third-order valence-electron chi connectivity index (χ3n) is 4.92. The molecule has 1 N–H and O–H groups in total. The highest BCUT2D eigenvalue weighted by molar-refractivity contribution is 7.83. The van der Waals surface area contributed by atoms with Gasteiger partial charge in [0.05, 0.1) is 22.9 Å². The molecule has 0 bridgehead atoms. The number of amides is 1. The highest BCUT2D eigenvalue weighted by Gasteiger charge is 2.29. The largest absolute Gasteiger partial charge is 0.481 e. The summed E-state index contributed by atoms with van der Waals surface area (Å²) < 4.78 is 19.6. The van der Waals surface area contributed by atoms with Crippen LogP contribution in [0, 0.1) is 13.8 Å². The van der Waals surface area contributed by atoms with Gasteiger partial charge in [0, 0.05) is 16.4 Å². The first-order chi connectivity index (χ1) is 13.9. The molecule has 1 aliphatic heterocycles. The van der Waals surface area contributed by atoms with Crippen molar-refractivity contribution in [3.8, 4) is 11.4 Å². The predicted molar refractivity (Wildman–Crippen MR) is 114 cm³/mol. The Bertz CT molecular complexity index is 1090. The first-order valence-electron chi connectivity index (χ1n) is 9.48. The SMILES string of the molecule is Cc1ccc(-n2nc3c(c2NC(=O)C(C)Oc2ccccc2)CS(=O)C3)c(C)c1. The van der Waals surface area contributed by atoms with Crippen LogP contribution in [0.25, 0.3) is 5.69 Å². The Labute approximate surface area is 172 Å². The van der Waals surface area contributed by atoms with Gasteiger partial charge in [0.2, 0.25) is 0 Å². The van der Waals surface area contributed by atoms with Crippen LogP contribution in [0.2, 0.25) is 0 Å².